The van der Waals surface area contributed by atoms with Crippen molar-refractivity contribution in [2.24, 2.45) is 0 Å². The van der Waals surface area contributed by atoms with Crippen LogP contribution in [0.25, 0.3) is 0 Å². The molecule has 2 heterocycles. The molecule has 1 aliphatic heterocycles. The Morgan fingerprint density at radius 1 is 1.37 bits per heavy atom. The third kappa shape index (κ3) is 3.89. The topological polar surface area (TPSA) is 70.2 Å². The van der Waals surface area contributed by atoms with Gasteiger partial charge in [0.2, 0.25) is 0 Å². The lowest BCUT2D eigenvalue weighted by Crippen LogP contribution is -2.43. The maximum Gasteiger partial charge on any atom is 0.271 e. The Labute approximate surface area is 113 Å². The van der Waals surface area contributed by atoms with Gasteiger partial charge in [-0.2, -0.15) is 0 Å². The van der Waals surface area contributed by atoms with Crippen molar-refractivity contribution < 1.29 is 4.79 Å². The number of hydrogen-bond acceptors (Lipinski definition) is 5. The van der Waals surface area contributed by atoms with Gasteiger partial charge in [0.25, 0.3) is 5.91 Å². The third-order valence-corrected chi connectivity index (χ3v) is 3.30. The molecule has 1 aromatic rings. The van der Waals surface area contributed by atoms with Gasteiger partial charge >= 0.3 is 0 Å². The molecule has 0 aromatic carbocycles. The molecule has 1 amide bonds. The van der Waals surface area contributed by atoms with Crippen LogP contribution in [0.5, 0.6) is 0 Å². The van der Waals surface area contributed by atoms with Crippen LogP contribution in [-0.4, -0.2) is 53.5 Å². The van der Waals surface area contributed by atoms with E-state index in [9.17, 15) is 4.79 Å². The molecule has 1 saturated heterocycles. The summed E-state index contributed by atoms with van der Waals surface area (Å²) in [6, 6.07) is 0.249. The van der Waals surface area contributed by atoms with E-state index in [2.05, 4.69) is 32.5 Å². The van der Waals surface area contributed by atoms with Crippen molar-refractivity contribution in [1.82, 2.24) is 20.2 Å². The molecule has 0 radical (unpaired) electrons. The van der Waals surface area contributed by atoms with Gasteiger partial charge in [-0.05, 0) is 39.9 Å². The van der Waals surface area contributed by atoms with Crippen LogP contribution in [0, 0.1) is 0 Å². The van der Waals surface area contributed by atoms with Gasteiger partial charge in [-0.25, -0.2) is 9.97 Å². The molecule has 0 unspecified atom stereocenters. The Hall–Kier alpha value is -1.69. The van der Waals surface area contributed by atoms with Gasteiger partial charge in [0.1, 0.15) is 11.5 Å². The van der Waals surface area contributed by atoms with Crippen molar-refractivity contribution >= 4 is 11.7 Å². The Morgan fingerprint density at radius 3 is 2.68 bits per heavy atom. The second-order valence-corrected chi connectivity index (χ2v) is 4.87. The van der Waals surface area contributed by atoms with E-state index >= 15 is 0 Å². The van der Waals surface area contributed by atoms with Gasteiger partial charge in [0, 0.05) is 12.6 Å². The van der Waals surface area contributed by atoms with Crippen molar-refractivity contribution in [2.75, 3.05) is 32.0 Å². The molecule has 1 aliphatic rings. The monoisotopic (exact) mass is 263 g/mol. The summed E-state index contributed by atoms with van der Waals surface area (Å²) in [5.74, 6) is 0.559. The molecule has 6 heteroatoms. The highest BCUT2D eigenvalue weighted by atomic mass is 16.1. The first-order chi connectivity index (χ1) is 9.19. The highest BCUT2D eigenvalue weighted by Gasteiger charge is 2.19. The zero-order valence-corrected chi connectivity index (χ0v) is 11.5. The molecular formula is C13H21N5O. The van der Waals surface area contributed by atoms with Crippen LogP contribution in [0.1, 0.15) is 30.3 Å². The summed E-state index contributed by atoms with van der Waals surface area (Å²) in [5.41, 5.74) is 0.376. The molecule has 0 atom stereocenters. The van der Waals surface area contributed by atoms with Crippen molar-refractivity contribution in [2.45, 2.75) is 25.8 Å². The minimum Gasteiger partial charge on any atom is -0.369 e. The standard InChI is InChI=1S/C13H21N5O/c1-3-14-12-9-15-11(8-16-12)13(19)17-10-4-6-18(2)7-5-10/h8-10H,3-7H2,1-2H3,(H,14,16)(H,17,19). The molecule has 0 bridgehead atoms. The average Bonchev–Trinajstić information content (AvgIpc) is 2.42. The minimum absolute atomic E-state index is 0.134. The molecule has 0 aliphatic carbocycles. The summed E-state index contributed by atoms with van der Waals surface area (Å²) >= 11 is 0. The van der Waals surface area contributed by atoms with Crippen molar-refractivity contribution in [3.8, 4) is 0 Å². The first-order valence-electron chi connectivity index (χ1n) is 6.74. The van der Waals surface area contributed by atoms with Gasteiger partial charge in [-0.15, -0.1) is 0 Å². The number of rotatable bonds is 4. The van der Waals surface area contributed by atoms with Crippen molar-refractivity contribution in [3.63, 3.8) is 0 Å². The maximum absolute atomic E-state index is 12.0. The van der Waals surface area contributed by atoms with Crippen LogP contribution in [0.4, 0.5) is 5.82 Å². The SMILES string of the molecule is CCNc1cnc(C(=O)NC2CCN(C)CC2)cn1. The first-order valence-corrected chi connectivity index (χ1v) is 6.74. The number of hydrogen-bond donors (Lipinski definition) is 2. The van der Waals surface area contributed by atoms with Crippen LogP contribution < -0.4 is 10.6 Å². The number of anilines is 1. The Morgan fingerprint density at radius 2 is 2.11 bits per heavy atom. The molecule has 0 saturated carbocycles. The Bertz CT molecular complexity index is 412. The van der Waals surface area contributed by atoms with Crippen LogP contribution >= 0.6 is 0 Å². The lowest BCUT2D eigenvalue weighted by molar-refractivity contribution is 0.0911. The molecule has 0 spiro atoms. The third-order valence-electron chi connectivity index (χ3n) is 3.30. The van der Waals surface area contributed by atoms with Crippen LogP contribution in [-0.2, 0) is 0 Å². The number of nitrogens with one attached hydrogen (secondary N) is 2. The first kappa shape index (κ1) is 13.7. The smallest absolute Gasteiger partial charge is 0.271 e. The van der Waals surface area contributed by atoms with Crippen LogP contribution in [0.2, 0.25) is 0 Å². The second-order valence-electron chi connectivity index (χ2n) is 4.87. The van der Waals surface area contributed by atoms with Crippen molar-refractivity contribution in [1.29, 1.82) is 0 Å². The summed E-state index contributed by atoms with van der Waals surface area (Å²) < 4.78 is 0. The fraction of sp³-hybridized carbons (Fsp3) is 0.615. The van der Waals surface area contributed by atoms with E-state index in [0.29, 0.717) is 11.5 Å². The fourth-order valence-corrected chi connectivity index (χ4v) is 2.13. The second kappa shape index (κ2) is 6.47. The van der Waals surface area contributed by atoms with E-state index in [4.69, 9.17) is 0 Å². The molecule has 104 valence electrons. The van der Waals surface area contributed by atoms with Gasteiger partial charge in [0.05, 0.1) is 12.4 Å². The van der Waals surface area contributed by atoms with E-state index in [-0.39, 0.29) is 11.9 Å². The van der Waals surface area contributed by atoms with Gasteiger partial charge in [-0.1, -0.05) is 0 Å². The quantitative estimate of drug-likeness (QED) is 0.838. The molecule has 2 rings (SSSR count). The van der Waals surface area contributed by atoms with E-state index < -0.39 is 0 Å². The zero-order valence-electron chi connectivity index (χ0n) is 11.5. The lowest BCUT2D eigenvalue weighted by atomic mass is 10.1. The zero-order chi connectivity index (χ0) is 13.7. The molecule has 1 aromatic heterocycles. The summed E-state index contributed by atoms with van der Waals surface area (Å²) in [7, 11) is 2.10. The summed E-state index contributed by atoms with van der Waals surface area (Å²) in [4.78, 5) is 22.6. The van der Waals surface area contributed by atoms with E-state index in [0.717, 1.165) is 32.5 Å². The molecule has 19 heavy (non-hydrogen) atoms. The van der Waals surface area contributed by atoms with Gasteiger partial charge in [0.15, 0.2) is 0 Å². The summed E-state index contributed by atoms with van der Waals surface area (Å²) in [5, 5.41) is 6.07. The molecular weight excluding hydrogens is 242 g/mol. The highest BCUT2D eigenvalue weighted by Crippen LogP contribution is 2.09. The lowest BCUT2D eigenvalue weighted by Gasteiger charge is -2.29. The Kier molecular flexibility index (Phi) is 4.68. The van der Waals surface area contributed by atoms with Crippen LogP contribution in [0.3, 0.4) is 0 Å². The normalized spacial score (nSPS) is 17.2. The summed E-state index contributed by atoms with van der Waals surface area (Å²) in [6.07, 6.45) is 5.09. The van der Waals surface area contributed by atoms with E-state index in [1.807, 2.05) is 6.92 Å². The number of likely N-dealkylation sites (tertiary alicyclic amines) is 1. The molecule has 1 fully saturated rings. The number of nitrogens with zero attached hydrogens (tertiary/aromatic N) is 3. The van der Waals surface area contributed by atoms with Gasteiger partial charge in [-0.3, -0.25) is 4.79 Å². The number of aromatic nitrogens is 2. The summed E-state index contributed by atoms with van der Waals surface area (Å²) in [6.45, 7) is 4.82. The fourth-order valence-electron chi connectivity index (χ4n) is 2.13. The van der Waals surface area contributed by atoms with E-state index in [1.165, 1.54) is 6.20 Å². The maximum atomic E-state index is 12.0. The molecule has 2 N–H and O–H groups in total. The Balaban J connectivity index is 1.88. The van der Waals surface area contributed by atoms with Crippen LogP contribution in [0.15, 0.2) is 12.4 Å². The predicted octanol–water partition coefficient (Wildman–Crippen LogP) is 0.732. The number of amides is 1. The van der Waals surface area contributed by atoms with E-state index in [1.54, 1.807) is 6.20 Å². The number of carbonyl (C=O) groups excluding carboxylic acids is 1. The van der Waals surface area contributed by atoms with Gasteiger partial charge < -0.3 is 15.5 Å². The average molecular weight is 263 g/mol. The predicted molar refractivity (Wildman–Crippen MR) is 74.2 cm³/mol. The number of carbonyl (C=O) groups is 1. The largest absolute Gasteiger partial charge is 0.369 e. The van der Waals surface area contributed by atoms with Crippen molar-refractivity contribution in [3.05, 3.63) is 18.1 Å². The minimum atomic E-state index is -0.134. The number of piperidine rings is 1. The molecule has 6 nitrogen and oxygen atoms in total. The highest BCUT2D eigenvalue weighted by molar-refractivity contribution is 5.92.